The number of rotatable bonds is 2. The molecule has 0 amide bonds. The van der Waals surface area contributed by atoms with Crippen molar-refractivity contribution >= 4 is 29.2 Å². The fourth-order valence-electron chi connectivity index (χ4n) is 2.46. The zero-order valence-corrected chi connectivity index (χ0v) is 12.4. The molecule has 0 saturated carbocycles. The van der Waals surface area contributed by atoms with Crippen molar-refractivity contribution in [1.29, 1.82) is 0 Å². The summed E-state index contributed by atoms with van der Waals surface area (Å²) in [5, 5.41) is 0.710. The highest BCUT2D eigenvalue weighted by Gasteiger charge is 2.16. The van der Waals surface area contributed by atoms with Gasteiger partial charge in [0.2, 0.25) is 0 Å². The third-order valence-corrected chi connectivity index (χ3v) is 3.78. The van der Waals surface area contributed by atoms with Crippen LogP contribution in [0.15, 0.2) is 60.2 Å². The zero-order chi connectivity index (χ0) is 14.9. The topological polar surface area (TPSA) is 46.3 Å². The van der Waals surface area contributed by atoms with Gasteiger partial charge in [-0.2, -0.15) is 0 Å². The maximum Gasteiger partial charge on any atom is 0.137 e. The maximum atomic E-state index is 6.13. The molecule has 3 aromatic rings. The third kappa shape index (κ3) is 2.25. The van der Waals surface area contributed by atoms with Crippen LogP contribution in [0.3, 0.4) is 0 Å². The van der Waals surface area contributed by atoms with Gasteiger partial charge in [0.1, 0.15) is 18.8 Å². The Morgan fingerprint density at radius 3 is 2.86 bits per heavy atom. The number of aromatic nitrogens is 3. The van der Waals surface area contributed by atoms with E-state index in [2.05, 4.69) is 19.9 Å². The number of fused-ring (bicyclic) bond motifs is 1. The van der Waals surface area contributed by atoms with Crippen molar-refractivity contribution in [3.63, 3.8) is 0 Å². The van der Waals surface area contributed by atoms with Crippen molar-refractivity contribution in [2.24, 2.45) is 4.99 Å². The number of imidazole rings is 1. The molecule has 0 aliphatic carbocycles. The van der Waals surface area contributed by atoms with Gasteiger partial charge in [0.25, 0.3) is 0 Å². The monoisotopic (exact) mass is 309 g/mol. The first-order valence-electron chi connectivity index (χ1n) is 6.82. The first kappa shape index (κ1) is 13.0. The Kier molecular flexibility index (Phi) is 3.12. The molecule has 0 unspecified atom stereocenters. The van der Waals surface area contributed by atoms with E-state index >= 15 is 0 Å². The second-order valence-corrected chi connectivity index (χ2v) is 5.37. The van der Waals surface area contributed by atoms with Crippen molar-refractivity contribution in [3.8, 4) is 5.82 Å². The average molecular weight is 310 g/mol. The Bertz CT molecular complexity index is 824. The lowest BCUT2D eigenvalue weighted by Gasteiger charge is -2.27. The smallest absolute Gasteiger partial charge is 0.137 e. The molecular formula is C16H12ClN5. The second-order valence-electron chi connectivity index (χ2n) is 4.93. The van der Waals surface area contributed by atoms with E-state index in [1.165, 1.54) is 0 Å². The quantitative estimate of drug-likeness (QED) is 0.728. The third-order valence-electron chi connectivity index (χ3n) is 3.55. The molecule has 4 rings (SSSR count). The van der Waals surface area contributed by atoms with Crippen LogP contribution in [0.4, 0.5) is 11.4 Å². The Hall–Kier alpha value is -2.66. The van der Waals surface area contributed by atoms with Gasteiger partial charge < -0.3 is 4.90 Å². The number of halogens is 1. The summed E-state index contributed by atoms with van der Waals surface area (Å²) in [6, 6.07) is 9.77. The summed E-state index contributed by atoms with van der Waals surface area (Å²) in [6.07, 6.45) is 9.02. The molecule has 1 aliphatic heterocycles. The molecule has 0 bridgehead atoms. The van der Waals surface area contributed by atoms with Crippen LogP contribution in [0.1, 0.15) is 5.56 Å². The molecule has 6 heteroatoms. The summed E-state index contributed by atoms with van der Waals surface area (Å²) in [5.41, 5.74) is 3.07. The van der Waals surface area contributed by atoms with Crippen molar-refractivity contribution in [2.45, 2.75) is 0 Å². The van der Waals surface area contributed by atoms with Gasteiger partial charge in [-0.1, -0.05) is 11.6 Å². The standard InChI is InChI=1S/C16H12ClN5/c17-13-2-1-12-8-19-11-22(15(12)7-13)14-3-4-16(20-9-14)21-6-5-18-10-21/h1-10H,11H2. The molecule has 2 aromatic heterocycles. The molecule has 0 saturated heterocycles. The first-order valence-corrected chi connectivity index (χ1v) is 7.20. The molecule has 0 fully saturated rings. The molecule has 0 spiro atoms. The normalized spacial score (nSPS) is 13.2. The summed E-state index contributed by atoms with van der Waals surface area (Å²) in [5.74, 6) is 0.827. The van der Waals surface area contributed by atoms with Gasteiger partial charge in [-0.05, 0) is 30.3 Å². The lowest BCUT2D eigenvalue weighted by atomic mass is 10.1. The van der Waals surface area contributed by atoms with Crippen LogP contribution in [-0.2, 0) is 0 Å². The van der Waals surface area contributed by atoms with Crippen molar-refractivity contribution in [2.75, 3.05) is 11.6 Å². The van der Waals surface area contributed by atoms with Crippen LogP contribution in [0.25, 0.3) is 5.82 Å². The fraction of sp³-hybridized carbons (Fsp3) is 0.0625. The predicted octanol–water partition coefficient (Wildman–Crippen LogP) is 3.45. The molecular weight excluding hydrogens is 298 g/mol. The lowest BCUT2D eigenvalue weighted by Crippen LogP contribution is -2.22. The first-order chi connectivity index (χ1) is 10.8. The molecule has 0 atom stereocenters. The largest absolute Gasteiger partial charge is 0.319 e. The minimum absolute atomic E-state index is 0.555. The Balaban J connectivity index is 1.71. The fourth-order valence-corrected chi connectivity index (χ4v) is 2.63. The van der Waals surface area contributed by atoms with E-state index in [4.69, 9.17) is 11.6 Å². The minimum atomic E-state index is 0.555. The van der Waals surface area contributed by atoms with E-state index in [1.807, 2.05) is 53.5 Å². The lowest BCUT2D eigenvalue weighted by molar-refractivity contribution is 0.950. The Labute approximate surface area is 132 Å². The van der Waals surface area contributed by atoms with Gasteiger partial charge in [-0.25, -0.2) is 9.97 Å². The zero-order valence-electron chi connectivity index (χ0n) is 11.6. The number of nitrogens with zero attached hydrogens (tertiary/aromatic N) is 5. The van der Waals surface area contributed by atoms with E-state index in [9.17, 15) is 0 Å². The highest BCUT2D eigenvalue weighted by molar-refractivity contribution is 6.31. The van der Waals surface area contributed by atoms with Crippen molar-refractivity contribution in [3.05, 3.63) is 65.8 Å². The van der Waals surface area contributed by atoms with Gasteiger partial charge in [-0.3, -0.25) is 9.56 Å². The molecule has 0 N–H and O–H groups in total. The minimum Gasteiger partial charge on any atom is -0.319 e. The van der Waals surface area contributed by atoms with Gasteiger partial charge in [0.05, 0.1) is 17.6 Å². The molecule has 1 aromatic carbocycles. The van der Waals surface area contributed by atoms with Crippen LogP contribution in [0.5, 0.6) is 0 Å². The summed E-state index contributed by atoms with van der Waals surface area (Å²) >= 11 is 6.13. The summed E-state index contributed by atoms with van der Waals surface area (Å²) in [7, 11) is 0. The molecule has 22 heavy (non-hydrogen) atoms. The van der Waals surface area contributed by atoms with Gasteiger partial charge in [0.15, 0.2) is 0 Å². The Morgan fingerprint density at radius 1 is 1.14 bits per heavy atom. The van der Waals surface area contributed by atoms with Crippen LogP contribution < -0.4 is 4.90 Å². The van der Waals surface area contributed by atoms with Crippen molar-refractivity contribution in [1.82, 2.24) is 14.5 Å². The highest BCUT2D eigenvalue weighted by Crippen LogP contribution is 2.32. The second kappa shape index (κ2) is 5.27. The molecule has 1 aliphatic rings. The van der Waals surface area contributed by atoms with E-state index in [0.29, 0.717) is 11.7 Å². The Morgan fingerprint density at radius 2 is 2.09 bits per heavy atom. The van der Waals surface area contributed by atoms with Crippen LogP contribution in [0, 0.1) is 0 Å². The number of aliphatic imine (C=N–C) groups is 1. The van der Waals surface area contributed by atoms with Crippen LogP contribution >= 0.6 is 11.6 Å². The molecule has 108 valence electrons. The van der Waals surface area contributed by atoms with Gasteiger partial charge >= 0.3 is 0 Å². The molecule has 3 heterocycles. The SMILES string of the molecule is Clc1ccc2c(c1)N(c1ccc(-n3ccnc3)nc1)CN=C2. The van der Waals surface area contributed by atoms with E-state index in [0.717, 1.165) is 22.8 Å². The number of pyridine rings is 1. The predicted molar refractivity (Wildman–Crippen MR) is 87.4 cm³/mol. The maximum absolute atomic E-state index is 6.13. The number of anilines is 2. The number of hydrogen-bond acceptors (Lipinski definition) is 4. The van der Waals surface area contributed by atoms with Crippen molar-refractivity contribution < 1.29 is 0 Å². The van der Waals surface area contributed by atoms with Crippen LogP contribution in [0.2, 0.25) is 5.02 Å². The van der Waals surface area contributed by atoms with E-state index < -0.39 is 0 Å². The summed E-state index contributed by atoms with van der Waals surface area (Å²) in [4.78, 5) is 15.0. The van der Waals surface area contributed by atoms with E-state index in [-0.39, 0.29) is 0 Å². The molecule has 5 nitrogen and oxygen atoms in total. The van der Waals surface area contributed by atoms with Gasteiger partial charge in [0, 0.05) is 29.2 Å². The number of hydrogen-bond donors (Lipinski definition) is 0. The van der Waals surface area contributed by atoms with Gasteiger partial charge in [-0.15, -0.1) is 0 Å². The summed E-state index contributed by atoms with van der Waals surface area (Å²) in [6.45, 7) is 0.555. The summed E-state index contributed by atoms with van der Waals surface area (Å²) < 4.78 is 1.86. The highest BCUT2D eigenvalue weighted by atomic mass is 35.5. The molecule has 0 radical (unpaired) electrons. The number of benzene rings is 1. The average Bonchev–Trinajstić information content (AvgIpc) is 3.09. The van der Waals surface area contributed by atoms with E-state index in [1.54, 1.807) is 12.5 Å². The van der Waals surface area contributed by atoms with Crippen LogP contribution in [-0.4, -0.2) is 27.4 Å².